The number of carbonyl (C=O) groups excluding carboxylic acids is 3. The molecule has 0 saturated heterocycles. The van der Waals surface area contributed by atoms with Crippen LogP contribution in [0, 0.1) is 11.8 Å². The molecule has 0 aliphatic heterocycles. The lowest BCUT2D eigenvalue weighted by atomic mass is 10.1. The first-order chi connectivity index (χ1) is 14.5. The number of aliphatic hydroxyl groups excluding tert-OH is 1. The zero-order valence-corrected chi connectivity index (χ0v) is 15.9. The second-order valence-electron chi connectivity index (χ2n) is 6.06. The van der Waals surface area contributed by atoms with Crippen molar-refractivity contribution in [2.24, 2.45) is 5.73 Å². The van der Waals surface area contributed by atoms with Crippen LogP contribution in [0.15, 0.2) is 48.5 Å². The van der Waals surface area contributed by atoms with Crippen molar-refractivity contribution in [2.75, 3.05) is 19.8 Å². The predicted molar refractivity (Wildman–Crippen MR) is 107 cm³/mol. The molecule has 0 radical (unpaired) electrons. The fourth-order valence-electron chi connectivity index (χ4n) is 2.29. The summed E-state index contributed by atoms with van der Waals surface area (Å²) in [6.07, 6.45) is 0. The highest BCUT2D eigenvalue weighted by Crippen LogP contribution is 2.12. The van der Waals surface area contributed by atoms with Gasteiger partial charge in [0.05, 0.1) is 0 Å². The Kier molecular flexibility index (Phi) is 8.53. The summed E-state index contributed by atoms with van der Waals surface area (Å²) in [4.78, 5) is 34.6. The van der Waals surface area contributed by atoms with Gasteiger partial charge in [-0.05, 0) is 48.5 Å². The van der Waals surface area contributed by atoms with Gasteiger partial charge in [-0.25, -0.2) is 5.48 Å². The average molecular weight is 411 g/mol. The molecule has 0 aliphatic carbocycles. The molecule has 0 spiro atoms. The van der Waals surface area contributed by atoms with Gasteiger partial charge in [0.25, 0.3) is 11.8 Å². The van der Waals surface area contributed by atoms with Crippen molar-refractivity contribution < 1.29 is 29.4 Å². The van der Waals surface area contributed by atoms with E-state index in [1.54, 1.807) is 48.5 Å². The molecule has 0 aliphatic rings. The first-order valence-corrected chi connectivity index (χ1v) is 8.89. The molecule has 2 aromatic carbocycles. The van der Waals surface area contributed by atoms with E-state index in [1.807, 2.05) is 0 Å². The van der Waals surface area contributed by atoms with Crippen LogP contribution in [0.3, 0.4) is 0 Å². The van der Waals surface area contributed by atoms with Crippen LogP contribution in [0.2, 0.25) is 0 Å². The number of Topliss-reactive ketones (excluding diaryl/α,β-unsaturated/α-hetero) is 1. The number of aliphatic hydroxyl groups is 1. The van der Waals surface area contributed by atoms with E-state index in [4.69, 9.17) is 20.8 Å². The van der Waals surface area contributed by atoms with Gasteiger partial charge in [0, 0.05) is 23.2 Å². The summed E-state index contributed by atoms with van der Waals surface area (Å²) in [5.74, 6) is 4.69. The number of ether oxygens (including phenoxy) is 1. The number of rotatable bonds is 8. The van der Waals surface area contributed by atoms with E-state index >= 15 is 0 Å². The number of hydrogen-bond donors (Lipinski definition) is 5. The topological polar surface area (TPSA) is 151 Å². The minimum atomic E-state index is -0.938. The molecule has 0 heterocycles. The van der Waals surface area contributed by atoms with E-state index in [9.17, 15) is 14.4 Å². The number of ketones is 1. The van der Waals surface area contributed by atoms with Gasteiger partial charge in [-0.15, -0.1) is 0 Å². The summed E-state index contributed by atoms with van der Waals surface area (Å²) in [5, 5.41) is 19.8. The number of hydrogen-bond acceptors (Lipinski definition) is 7. The minimum absolute atomic E-state index is 0.104. The fraction of sp³-hybridized carbons (Fsp3) is 0.190. The lowest BCUT2D eigenvalue weighted by Gasteiger charge is -2.14. The number of nitrogens with two attached hydrogens (primary N) is 1. The molecule has 9 heteroatoms. The molecule has 1 atom stereocenters. The standard InChI is InChI=1S/C21H21N3O6/c22-11-18(19(26)12-25)23-21(28)16-7-3-14(4-8-16)1-2-15-5-9-17(10-6-15)30-13-20(27)24-29/h3-10,18,25,29H,11-13,22H2,(H,23,28)(H,24,27)/t18-/m0/s1. The smallest absolute Gasteiger partial charge is 0.281 e. The van der Waals surface area contributed by atoms with Crippen LogP contribution in [0.25, 0.3) is 0 Å². The van der Waals surface area contributed by atoms with Crippen molar-refractivity contribution in [2.45, 2.75) is 6.04 Å². The SMILES string of the molecule is NC[C@H](NC(=O)c1ccc(C#Cc2ccc(OCC(=O)NO)cc2)cc1)C(=O)CO. The van der Waals surface area contributed by atoms with Crippen LogP contribution >= 0.6 is 0 Å². The number of benzene rings is 2. The van der Waals surface area contributed by atoms with E-state index in [1.165, 1.54) is 5.48 Å². The molecule has 2 amide bonds. The number of nitrogens with one attached hydrogen (secondary N) is 2. The summed E-state index contributed by atoms with van der Waals surface area (Å²) in [7, 11) is 0. The molecular weight excluding hydrogens is 390 g/mol. The van der Waals surface area contributed by atoms with E-state index in [-0.39, 0.29) is 13.2 Å². The van der Waals surface area contributed by atoms with Crippen LogP contribution in [-0.4, -0.2) is 53.7 Å². The average Bonchev–Trinajstić information content (AvgIpc) is 2.79. The lowest BCUT2D eigenvalue weighted by molar-refractivity contribution is -0.131. The predicted octanol–water partition coefficient (Wildman–Crippen LogP) is -0.411. The third-order valence-corrected chi connectivity index (χ3v) is 3.93. The Bertz CT molecular complexity index is 945. The van der Waals surface area contributed by atoms with Crippen molar-refractivity contribution in [1.29, 1.82) is 0 Å². The quantitative estimate of drug-likeness (QED) is 0.225. The highest BCUT2D eigenvalue weighted by molar-refractivity contribution is 5.98. The maximum Gasteiger partial charge on any atom is 0.281 e. The number of hydroxylamine groups is 1. The zero-order valence-electron chi connectivity index (χ0n) is 15.9. The number of carbonyl (C=O) groups is 3. The normalized spacial score (nSPS) is 10.9. The van der Waals surface area contributed by atoms with Crippen LogP contribution in [0.1, 0.15) is 21.5 Å². The summed E-state index contributed by atoms with van der Waals surface area (Å²) in [5.41, 5.74) is 8.63. The zero-order chi connectivity index (χ0) is 21.9. The molecule has 0 saturated carbocycles. The lowest BCUT2D eigenvalue weighted by Crippen LogP contribution is -2.46. The monoisotopic (exact) mass is 411 g/mol. The summed E-state index contributed by atoms with van der Waals surface area (Å²) >= 11 is 0. The molecule has 9 nitrogen and oxygen atoms in total. The Labute approximate surface area is 172 Å². The van der Waals surface area contributed by atoms with Gasteiger partial charge in [-0.2, -0.15) is 0 Å². The number of amides is 2. The Morgan fingerprint density at radius 3 is 2.07 bits per heavy atom. The van der Waals surface area contributed by atoms with Gasteiger partial charge in [-0.1, -0.05) is 11.8 Å². The Morgan fingerprint density at radius 2 is 1.57 bits per heavy atom. The van der Waals surface area contributed by atoms with Crippen molar-refractivity contribution in [3.63, 3.8) is 0 Å². The van der Waals surface area contributed by atoms with Crippen LogP contribution in [0.5, 0.6) is 5.75 Å². The molecule has 0 aromatic heterocycles. The third kappa shape index (κ3) is 6.72. The molecular formula is C21H21N3O6. The van der Waals surface area contributed by atoms with Gasteiger partial charge in [-0.3, -0.25) is 19.6 Å². The molecule has 156 valence electrons. The van der Waals surface area contributed by atoms with Gasteiger partial charge in [0.2, 0.25) is 0 Å². The molecule has 0 fully saturated rings. The summed E-state index contributed by atoms with van der Waals surface area (Å²) < 4.78 is 5.17. The maximum atomic E-state index is 12.2. The van der Waals surface area contributed by atoms with Crippen LogP contribution < -0.4 is 21.3 Å². The van der Waals surface area contributed by atoms with Gasteiger partial charge >= 0.3 is 0 Å². The molecule has 0 unspecified atom stereocenters. The highest BCUT2D eigenvalue weighted by atomic mass is 16.5. The van der Waals surface area contributed by atoms with E-state index in [2.05, 4.69) is 17.2 Å². The van der Waals surface area contributed by atoms with E-state index in [0.29, 0.717) is 22.4 Å². The van der Waals surface area contributed by atoms with Crippen LogP contribution in [-0.2, 0) is 9.59 Å². The van der Waals surface area contributed by atoms with E-state index < -0.39 is 30.2 Å². The molecule has 2 rings (SSSR count). The van der Waals surface area contributed by atoms with Gasteiger partial charge in [0.15, 0.2) is 12.4 Å². The molecule has 0 bridgehead atoms. The Balaban J connectivity index is 1.98. The van der Waals surface area contributed by atoms with E-state index in [0.717, 1.165) is 0 Å². The van der Waals surface area contributed by atoms with Crippen molar-refractivity contribution in [1.82, 2.24) is 10.8 Å². The molecule has 2 aromatic rings. The molecule has 30 heavy (non-hydrogen) atoms. The Hall–Kier alpha value is -3.71. The summed E-state index contributed by atoms with van der Waals surface area (Å²) in [6.45, 7) is -1.10. The van der Waals surface area contributed by atoms with Crippen molar-refractivity contribution in [3.8, 4) is 17.6 Å². The first kappa shape index (κ1) is 22.6. The fourth-order valence-corrected chi connectivity index (χ4v) is 2.29. The van der Waals surface area contributed by atoms with Gasteiger partial charge in [0.1, 0.15) is 18.4 Å². The second kappa shape index (κ2) is 11.3. The summed E-state index contributed by atoms with van der Waals surface area (Å²) in [6, 6.07) is 12.2. The minimum Gasteiger partial charge on any atom is -0.484 e. The third-order valence-electron chi connectivity index (χ3n) is 3.93. The first-order valence-electron chi connectivity index (χ1n) is 8.89. The largest absolute Gasteiger partial charge is 0.484 e. The van der Waals surface area contributed by atoms with Crippen molar-refractivity contribution in [3.05, 3.63) is 65.2 Å². The maximum absolute atomic E-state index is 12.2. The van der Waals surface area contributed by atoms with Crippen molar-refractivity contribution >= 4 is 17.6 Å². The van der Waals surface area contributed by atoms with Gasteiger partial charge < -0.3 is 20.9 Å². The van der Waals surface area contributed by atoms with Crippen LogP contribution in [0.4, 0.5) is 0 Å². The molecule has 6 N–H and O–H groups in total. The highest BCUT2D eigenvalue weighted by Gasteiger charge is 2.18. The second-order valence-corrected chi connectivity index (χ2v) is 6.06. The Morgan fingerprint density at radius 1 is 1.00 bits per heavy atom.